The summed E-state index contributed by atoms with van der Waals surface area (Å²) in [5.74, 6) is 0. The first kappa shape index (κ1) is 13.8. The third-order valence-corrected chi connectivity index (χ3v) is 2.66. The lowest BCUT2D eigenvalue weighted by Gasteiger charge is -2.28. The zero-order valence-corrected chi connectivity index (χ0v) is 9.17. The van der Waals surface area contributed by atoms with Crippen molar-refractivity contribution in [1.82, 2.24) is 0 Å². The Bertz CT molecular complexity index is 117. The molecule has 86 valence electrons. The molecule has 0 unspecified atom stereocenters. The van der Waals surface area contributed by atoms with Crippen LogP contribution < -0.4 is 22.9 Å². The highest BCUT2D eigenvalue weighted by Gasteiger charge is 2.21. The Balaban J connectivity index is 3.67. The van der Waals surface area contributed by atoms with Crippen molar-refractivity contribution in [1.29, 1.82) is 0 Å². The zero-order chi connectivity index (χ0) is 10.9. The number of hydrogen-bond acceptors (Lipinski definition) is 4. The molecule has 14 heavy (non-hydrogen) atoms. The maximum atomic E-state index is 6.17. The summed E-state index contributed by atoms with van der Waals surface area (Å²) in [7, 11) is 0. The molecule has 0 fully saturated rings. The van der Waals surface area contributed by atoms with Crippen molar-refractivity contribution in [3.05, 3.63) is 0 Å². The van der Waals surface area contributed by atoms with E-state index < -0.39 is 0 Å². The first-order valence-electron chi connectivity index (χ1n) is 5.57. The average Bonchev–Trinajstić information content (AvgIpc) is 2.19. The SMILES string of the molecule is NCCCCC(N)(CN)CCCCN. The molecule has 0 saturated carbocycles. The Morgan fingerprint density at radius 3 is 1.43 bits per heavy atom. The van der Waals surface area contributed by atoms with E-state index in [1.54, 1.807) is 0 Å². The number of unbranched alkanes of at least 4 members (excludes halogenated alkanes) is 2. The van der Waals surface area contributed by atoms with Crippen molar-refractivity contribution < 1.29 is 0 Å². The van der Waals surface area contributed by atoms with Gasteiger partial charge >= 0.3 is 0 Å². The average molecular weight is 202 g/mol. The molecule has 8 N–H and O–H groups in total. The van der Waals surface area contributed by atoms with Crippen molar-refractivity contribution >= 4 is 0 Å². The first-order valence-corrected chi connectivity index (χ1v) is 5.57. The van der Waals surface area contributed by atoms with Crippen LogP contribution in [-0.2, 0) is 0 Å². The van der Waals surface area contributed by atoms with Crippen LogP contribution in [0.3, 0.4) is 0 Å². The van der Waals surface area contributed by atoms with Crippen LogP contribution in [0.4, 0.5) is 0 Å². The number of nitrogens with two attached hydrogens (primary N) is 4. The van der Waals surface area contributed by atoms with E-state index in [0.717, 1.165) is 51.6 Å². The van der Waals surface area contributed by atoms with E-state index in [1.807, 2.05) is 0 Å². The molecule has 0 spiro atoms. The van der Waals surface area contributed by atoms with Crippen LogP contribution >= 0.6 is 0 Å². The van der Waals surface area contributed by atoms with E-state index >= 15 is 0 Å². The van der Waals surface area contributed by atoms with Crippen LogP contribution in [0, 0.1) is 0 Å². The second-order valence-corrected chi connectivity index (χ2v) is 4.06. The van der Waals surface area contributed by atoms with Crippen molar-refractivity contribution in [2.45, 2.75) is 44.1 Å². The molecule has 0 rings (SSSR count). The summed E-state index contributed by atoms with van der Waals surface area (Å²) in [4.78, 5) is 0. The summed E-state index contributed by atoms with van der Waals surface area (Å²) in [6, 6.07) is 0. The largest absolute Gasteiger partial charge is 0.330 e. The van der Waals surface area contributed by atoms with Crippen molar-refractivity contribution in [3.8, 4) is 0 Å². The molecule has 4 nitrogen and oxygen atoms in total. The smallest absolute Gasteiger partial charge is 0.0278 e. The van der Waals surface area contributed by atoms with Crippen molar-refractivity contribution in [3.63, 3.8) is 0 Å². The maximum Gasteiger partial charge on any atom is 0.0278 e. The van der Waals surface area contributed by atoms with Gasteiger partial charge in [0, 0.05) is 12.1 Å². The van der Waals surface area contributed by atoms with Gasteiger partial charge in [0.1, 0.15) is 0 Å². The van der Waals surface area contributed by atoms with E-state index in [9.17, 15) is 0 Å². The maximum absolute atomic E-state index is 6.17. The van der Waals surface area contributed by atoms with Gasteiger partial charge in [-0.1, -0.05) is 12.8 Å². The van der Waals surface area contributed by atoms with Crippen LogP contribution in [0.15, 0.2) is 0 Å². The second kappa shape index (κ2) is 8.17. The highest BCUT2D eigenvalue weighted by atomic mass is 14.8. The Morgan fingerprint density at radius 1 is 0.714 bits per heavy atom. The van der Waals surface area contributed by atoms with Crippen molar-refractivity contribution in [2.24, 2.45) is 22.9 Å². The van der Waals surface area contributed by atoms with E-state index in [2.05, 4.69) is 0 Å². The molecule has 0 bridgehead atoms. The molecule has 0 aliphatic carbocycles. The molecular formula is C10H26N4. The van der Waals surface area contributed by atoms with Gasteiger partial charge in [-0.05, 0) is 38.8 Å². The highest BCUT2D eigenvalue weighted by molar-refractivity contribution is 4.84. The van der Waals surface area contributed by atoms with Gasteiger partial charge in [-0.25, -0.2) is 0 Å². The fourth-order valence-electron chi connectivity index (χ4n) is 1.57. The normalized spacial score (nSPS) is 12.0. The lowest BCUT2D eigenvalue weighted by molar-refractivity contribution is 0.350. The molecule has 0 aliphatic heterocycles. The van der Waals surface area contributed by atoms with Gasteiger partial charge in [-0.2, -0.15) is 0 Å². The van der Waals surface area contributed by atoms with Gasteiger partial charge in [0.15, 0.2) is 0 Å². The third-order valence-electron chi connectivity index (χ3n) is 2.66. The first-order chi connectivity index (χ1) is 6.68. The van der Waals surface area contributed by atoms with Crippen LogP contribution in [0.2, 0.25) is 0 Å². The molecule has 0 radical (unpaired) electrons. The van der Waals surface area contributed by atoms with Gasteiger partial charge in [-0.15, -0.1) is 0 Å². The molecule has 0 heterocycles. The monoisotopic (exact) mass is 202 g/mol. The summed E-state index contributed by atoms with van der Waals surface area (Å²) in [5, 5.41) is 0. The van der Waals surface area contributed by atoms with Crippen LogP contribution in [-0.4, -0.2) is 25.2 Å². The summed E-state index contributed by atoms with van der Waals surface area (Å²) in [5.41, 5.74) is 22.5. The Morgan fingerprint density at radius 2 is 1.14 bits per heavy atom. The summed E-state index contributed by atoms with van der Waals surface area (Å²) < 4.78 is 0. The summed E-state index contributed by atoms with van der Waals surface area (Å²) in [6.45, 7) is 2.04. The minimum atomic E-state index is -0.190. The molecular weight excluding hydrogens is 176 g/mol. The standard InChI is InChI=1S/C10H26N4/c11-7-3-1-5-10(14,9-13)6-2-4-8-12/h1-9,11-14H2. The minimum Gasteiger partial charge on any atom is -0.330 e. The van der Waals surface area contributed by atoms with Gasteiger partial charge in [0.05, 0.1) is 0 Å². The Labute approximate surface area is 87.4 Å². The number of hydrogen-bond donors (Lipinski definition) is 4. The van der Waals surface area contributed by atoms with E-state index in [0.29, 0.717) is 6.54 Å². The number of rotatable bonds is 9. The summed E-state index contributed by atoms with van der Waals surface area (Å²) in [6.07, 6.45) is 6.18. The van der Waals surface area contributed by atoms with Gasteiger partial charge in [0.25, 0.3) is 0 Å². The van der Waals surface area contributed by atoms with Crippen LogP contribution in [0.5, 0.6) is 0 Å². The Hall–Kier alpha value is -0.160. The summed E-state index contributed by atoms with van der Waals surface area (Å²) >= 11 is 0. The molecule has 0 aromatic heterocycles. The topological polar surface area (TPSA) is 104 Å². The molecule has 0 saturated heterocycles. The predicted octanol–water partition coefficient (Wildman–Crippen LogP) is -0.0994. The molecule has 0 aromatic carbocycles. The lowest BCUT2D eigenvalue weighted by atomic mass is 9.88. The second-order valence-electron chi connectivity index (χ2n) is 4.06. The molecule has 0 atom stereocenters. The lowest BCUT2D eigenvalue weighted by Crippen LogP contribution is -2.47. The third kappa shape index (κ3) is 6.32. The predicted molar refractivity (Wildman–Crippen MR) is 61.8 cm³/mol. The van der Waals surface area contributed by atoms with Gasteiger partial charge in [-0.3, -0.25) is 0 Å². The van der Waals surface area contributed by atoms with Gasteiger partial charge < -0.3 is 22.9 Å². The van der Waals surface area contributed by atoms with E-state index in [1.165, 1.54) is 0 Å². The van der Waals surface area contributed by atoms with Crippen LogP contribution in [0.25, 0.3) is 0 Å². The molecule has 0 aromatic rings. The molecule has 0 aliphatic rings. The quantitative estimate of drug-likeness (QED) is 0.392. The van der Waals surface area contributed by atoms with Gasteiger partial charge in [0.2, 0.25) is 0 Å². The highest BCUT2D eigenvalue weighted by Crippen LogP contribution is 2.17. The zero-order valence-electron chi connectivity index (χ0n) is 9.17. The van der Waals surface area contributed by atoms with E-state index in [-0.39, 0.29) is 5.54 Å². The molecule has 0 amide bonds. The van der Waals surface area contributed by atoms with E-state index in [4.69, 9.17) is 22.9 Å². The minimum absolute atomic E-state index is 0.190. The van der Waals surface area contributed by atoms with Crippen LogP contribution in [0.1, 0.15) is 38.5 Å². The fraction of sp³-hybridized carbons (Fsp3) is 1.00. The molecule has 4 heteroatoms. The fourth-order valence-corrected chi connectivity index (χ4v) is 1.57. The van der Waals surface area contributed by atoms with Crippen molar-refractivity contribution in [2.75, 3.05) is 19.6 Å². The Kier molecular flexibility index (Phi) is 8.08.